The van der Waals surface area contributed by atoms with Crippen LogP contribution >= 0.6 is 0 Å². The van der Waals surface area contributed by atoms with Crippen molar-refractivity contribution in [3.8, 4) is 5.75 Å². The molecule has 1 aliphatic heterocycles. The second-order valence-corrected chi connectivity index (χ2v) is 6.48. The topological polar surface area (TPSA) is 71.8 Å². The normalized spacial score (nSPS) is 16.2. The SMILES string of the molecule is COc1ccc(CNC(=O)[C@H](C)[NH+]2CCN(c3ncccn3)CC2)cc1. The first kappa shape index (κ1) is 18.1. The zero-order valence-corrected chi connectivity index (χ0v) is 15.3. The predicted molar refractivity (Wildman–Crippen MR) is 99.2 cm³/mol. The summed E-state index contributed by atoms with van der Waals surface area (Å²) >= 11 is 0. The lowest BCUT2D eigenvalue weighted by Crippen LogP contribution is -3.19. The van der Waals surface area contributed by atoms with Gasteiger partial charge in [0.1, 0.15) is 5.75 Å². The molecule has 1 aromatic heterocycles. The number of amides is 1. The van der Waals surface area contributed by atoms with Gasteiger partial charge in [-0.15, -0.1) is 0 Å². The summed E-state index contributed by atoms with van der Waals surface area (Å²) in [7, 11) is 1.64. The molecule has 0 saturated carbocycles. The summed E-state index contributed by atoms with van der Waals surface area (Å²) in [5, 5.41) is 3.04. The van der Waals surface area contributed by atoms with E-state index in [1.807, 2.05) is 37.3 Å². The van der Waals surface area contributed by atoms with E-state index in [0.29, 0.717) is 6.54 Å². The van der Waals surface area contributed by atoms with E-state index in [4.69, 9.17) is 4.74 Å². The average Bonchev–Trinajstić information content (AvgIpc) is 2.72. The van der Waals surface area contributed by atoms with Gasteiger partial charge >= 0.3 is 0 Å². The zero-order chi connectivity index (χ0) is 18.4. The van der Waals surface area contributed by atoms with Crippen LogP contribution < -0.4 is 19.9 Å². The molecular formula is C19H26N5O2+. The maximum atomic E-state index is 12.5. The molecule has 0 radical (unpaired) electrons. The molecule has 0 unspecified atom stereocenters. The van der Waals surface area contributed by atoms with Gasteiger partial charge in [-0.05, 0) is 30.7 Å². The number of carbonyl (C=O) groups is 1. The fraction of sp³-hybridized carbons (Fsp3) is 0.421. The number of quaternary nitrogens is 1. The number of benzene rings is 1. The molecule has 7 heteroatoms. The smallest absolute Gasteiger partial charge is 0.278 e. The van der Waals surface area contributed by atoms with Crippen molar-refractivity contribution in [1.29, 1.82) is 0 Å². The summed E-state index contributed by atoms with van der Waals surface area (Å²) in [5.74, 6) is 1.67. The number of nitrogens with one attached hydrogen (secondary N) is 2. The maximum absolute atomic E-state index is 12.5. The van der Waals surface area contributed by atoms with Crippen molar-refractivity contribution in [2.45, 2.75) is 19.5 Å². The predicted octanol–water partition coefficient (Wildman–Crippen LogP) is -0.105. The Morgan fingerprint density at radius 1 is 1.23 bits per heavy atom. The third-order valence-corrected chi connectivity index (χ3v) is 4.87. The second-order valence-electron chi connectivity index (χ2n) is 6.48. The Bertz CT molecular complexity index is 700. The molecule has 1 atom stereocenters. The summed E-state index contributed by atoms with van der Waals surface area (Å²) < 4.78 is 5.15. The van der Waals surface area contributed by atoms with Crippen molar-refractivity contribution in [3.63, 3.8) is 0 Å². The number of rotatable bonds is 6. The Morgan fingerprint density at radius 3 is 2.50 bits per heavy atom. The second kappa shape index (κ2) is 8.62. The van der Waals surface area contributed by atoms with Gasteiger partial charge in [0.2, 0.25) is 5.95 Å². The maximum Gasteiger partial charge on any atom is 0.278 e. The van der Waals surface area contributed by atoms with Gasteiger partial charge in [-0.1, -0.05) is 12.1 Å². The molecule has 1 aromatic carbocycles. The van der Waals surface area contributed by atoms with Crippen LogP contribution in [0.5, 0.6) is 5.75 Å². The molecule has 0 aliphatic carbocycles. The van der Waals surface area contributed by atoms with E-state index >= 15 is 0 Å². The first-order chi connectivity index (χ1) is 12.7. The van der Waals surface area contributed by atoms with Gasteiger partial charge in [-0.3, -0.25) is 4.79 Å². The van der Waals surface area contributed by atoms with Crippen molar-refractivity contribution >= 4 is 11.9 Å². The van der Waals surface area contributed by atoms with Crippen molar-refractivity contribution in [3.05, 3.63) is 48.3 Å². The summed E-state index contributed by atoms with van der Waals surface area (Å²) in [6, 6.07) is 9.49. The van der Waals surface area contributed by atoms with Crippen LogP contribution in [0.3, 0.4) is 0 Å². The minimum atomic E-state index is -0.0768. The van der Waals surface area contributed by atoms with Crippen LogP contribution in [0.25, 0.3) is 0 Å². The van der Waals surface area contributed by atoms with Gasteiger partial charge in [0.25, 0.3) is 5.91 Å². The van der Waals surface area contributed by atoms with Crippen LogP contribution in [0.4, 0.5) is 5.95 Å². The zero-order valence-electron chi connectivity index (χ0n) is 15.3. The summed E-state index contributed by atoms with van der Waals surface area (Å²) in [4.78, 5) is 24.6. The quantitative estimate of drug-likeness (QED) is 0.756. The minimum absolute atomic E-state index is 0.0768. The third kappa shape index (κ3) is 4.49. The molecule has 0 spiro atoms. The monoisotopic (exact) mass is 356 g/mol. The summed E-state index contributed by atoms with van der Waals surface area (Å²) in [6.07, 6.45) is 3.52. The van der Waals surface area contributed by atoms with E-state index in [-0.39, 0.29) is 11.9 Å². The standard InChI is InChI=1S/C19H25N5O2/c1-15(18(25)22-14-16-4-6-17(26-2)7-5-16)23-10-12-24(13-11-23)19-20-8-3-9-21-19/h3-9,15H,10-14H2,1-2H3,(H,22,25)/p+1/t15-/m0/s1. The number of anilines is 1. The molecule has 7 nitrogen and oxygen atoms in total. The van der Waals surface area contributed by atoms with E-state index in [2.05, 4.69) is 20.2 Å². The Labute approximate surface area is 154 Å². The van der Waals surface area contributed by atoms with Crippen LogP contribution in [0, 0.1) is 0 Å². The number of carbonyl (C=O) groups excluding carboxylic acids is 1. The van der Waals surface area contributed by atoms with Crippen molar-refractivity contribution < 1.29 is 14.4 Å². The average molecular weight is 356 g/mol. The van der Waals surface area contributed by atoms with E-state index in [1.54, 1.807) is 19.5 Å². The molecule has 26 heavy (non-hydrogen) atoms. The van der Waals surface area contributed by atoms with Gasteiger partial charge in [-0.2, -0.15) is 0 Å². The van der Waals surface area contributed by atoms with Gasteiger partial charge in [0.05, 0.1) is 33.3 Å². The third-order valence-electron chi connectivity index (χ3n) is 4.87. The number of hydrogen-bond donors (Lipinski definition) is 2. The van der Waals surface area contributed by atoms with Crippen LogP contribution in [-0.4, -0.2) is 55.2 Å². The van der Waals surface area contributed by atoms with E-state index in [1.165, 1.54) is 4.90 Å². The Hall–Kier alpha value is -2.67. The number of nitrogens with zero attached hydrogens (tertiary/aromatic N) is 3. The lowest BCUT2D eigenvalue weighted by molar-refractivity contribution is -0.914. The molecule has 1 amide bonds. The lowest BCUT2D eigenvalue weighted by atomic mass is 10.2. The van der Waals surface area contributed by atoms with Crippen LogP contribution in [0.1, 0.15) is 12.5 Å². The molecule has 2 N–H and O–H groups in total. The number of hydrogen-bond acceptors (Lipinski definition) is 5. The molecule has 1 aliphatic rings. The summed E-state index contributed by atoms with van der Waals surface area (Å²) in [5.41, 5.74) is 1.06. The molecule has 0 bridgehead atoms. The minimum Gasteiger partial charge on any atom is -0.497 e. The molecule has 1 fully saturated rings. The number of aromatic nitrogens is 2. The molecule has 2 aromatic rings. The molecule has 1 saturated heterocycles. The highest BCUT2D eigenvalue weighted by Gasteiger charge is 2.29. The first-order valence-electron chi connectivity index (χ1n) is 8.94. The Balaban J connectivity index is 1.46. The van der Waals surface area contributed by atoms with Crippen LogP contribution in [0.15, 0.2) is 42.7 Å². The van der Waals surface area contributed by atoms with Gasteiger partial charge < -0.3 is 19.9 Å². The Kier molecular flexibility index (Phi) is 6.01. The number of ether oxygens (including phenoxy) is 1. The van der Waals surface area contributed by atoms with Gasteiger partial charge in [0.15, 0.2) is 6.04 Å². The highest BCUT2D eigenvalue weighted by molar-refractivity contribution is 5.79. The largest absolute Gasteiger partial charge is 0.497 e. The van der Waals surface area contributed by atoms with Crippen molar-refractivity contribution in [2.75, 3.05) is 38.2 Å². The lowest BCUT2D eigenvalue weighted by Gasteiger charge is -2.34. The molecule has 3 rings (SSSR count). The van der Waals surface area contributed by atoms with Crippen LogP contribution in [0.2, 0.25) is 0 Å². The van der Waals surface area contributed by atoms with E-state index < -0.39 is 0 Å². The van der Waals surface area contributed by atoms with Gasteiger partial charge in [0, 0.05) is 18.9 Å². The summed E-state index contributed by atoms with van der Waals surface area (Å²) in [6.45, 7) is 6.04. The highest BCUT2D eigenvalue weighted by atomic mass is 16.5. The molecular weight excluding hydrogens is 330 g/mol. The van der Waals surface area contributed by atoms with E-state index in [0.717, 1.165) is 43.4 Å². The fourth-order valence-electron chi connectivity index (χ4n) is 3.15. The first-order valence-corrected chi connectivity index (χ1v) is 8.94. The molecule has 138 valence electrons. The fourth-order valence-corrected chi connectivity index (χ4v) is 3.15. The van der Waals surface area contributed by atoms with Crippen molar-refractivity contribution in [1.82, 2.24) is 15.3 Å². The van der Waals surface area contributed by atoms with Crippen molar-refractivity contribution in [2.24, 2.45) is 0 Å². The van der Waals surface area contributed by atoms with Gasteiger partial charge in [-0.25, -0.2) is 9.97 Å². The molecule has 2 heterocycles. The highest BCUT2D eigenvalue weighted by Crippen LogP contribution is 2.11. The number of methoxy groups -OCH3 is 1. The van der Waals surface area contributed by atoms with Crippen LogP contribution in [-0.2, 0) is 11.3 Å². The Morgan fingerprint density at radius 2 is 1.88 bits per heavy atom. The number of piperazine rings is 1. The van der Waals surface area contributed by atoms with E-state index in [9.17, 15) is 4.79 Å².